The largest absolute Gasteiger partial charge is 0.478 e. The lowest BCUT2D eigenvalue weighted by atomic mass is 9.88. The van der Waals surface area contributed by atoms with Crippen LogP contribution in [0.1, 0.15) is 29.1 Å². The highest BCUT2D eigenvalue weighted by Gasteiger charge is 2.35. The molecular weight excluding hydrogens is 317 g/mol. The van der Waals surface area contributed by atoms with Gasteiger partial charge in [0.2, 0.25) is 0 Å². The third-order valence-corrected chi connectivity index (χ3v) is 6.58. The summed E-state index contributed by atoms with van der Waals surface area (Å²) in [6.07, 6.45) is 0. The summed E-state index contributed by atoms with van der Waals surface area (Å²) in [5, 5.41) is 12.5. The van der Waals surface area contributed by atoms with Crippen LogP contribution in [0, 0.1) is 9.64 Å². The van der Waals surface area contributed by atoms with E-state index < -0.39 is 17.3 Å². The summed E-state index contributed by atoms with van der Waals surface area (Å²) in [6.45, 7) is 3.92. The number of aromatic carboxylic acids is 1. The molecular formula is C13H10FNO2S3. The molecule has 0 aliphatic carbocycles. The molecule has 2 N–H and O–H groups in total. The molecule has 1 aromatic carbocycles. The number of anilines is 1. The Kier molecular flexibility index (Phi) is 2.97. The first-order chi connectivity index (χ1) is 9.31. The van der Waals surface area contributed by atoms with Crippen molar-refractivity contribution >= 4 is 44.6 Å². The van der Waals surface area contributed by atoms with E-state index in [1.807, 2.05) is 13.8 Å². The maximum atomic E-state index is 13.7. The number of halogens is 1. The number of hydrogen-bond acceptors (Lipinski definition) is 5. The van der Waals surface area contributed by atoms with E-state index in [0.29, 0.717) is 15.1 Å². The van der Waals surface area contributed by atoms with E-state index in [2.05, 4.69) is 5.32 Å². The number of hydrogen-bond donors (Lipinski definition) is 2. The van der Waals surface area contributed by atoms with E-state index in [4.69, 9.17) is 12.2 Å². The molecule has 2 heterocycles. The van der Waals surface area contributed by atoms with Crippen molar-refractivity contribution in [1.29, 1.82) is 0 Å². The molecule has 2 aromatic rings. The average molecular weight is 327 g/mol. The molecule has 0 spiro atoms. The van der Waals surface area contributed by atoms with Crippen molar-refractivity contribution in [3.8, 4) is 11.1 Å². The average Bonchev–Trinajstić information content (AvgIpc) is 2.73. The highest BCUT2D eigenvalue weighted by atomic mass is 32.9. The molecule has 0 unspecified atom stereocenters. The van der Waals surface area contributed by atoms with Gasteiger partial charge in [0.25, 0.3) is 0 Å². The maximum absolute atomic E-state index is 13.7. The summed E-state index contributed by atoms with van der Waals surface area (Å²) in [5.41, 5.74) is 1.27. The van der Waals surface area contributed by atoms with Crippen molar-refractivity contribution in [2.75, 3.05) is 5.32 Å². The van der Waals surface area contributed by atoms with Crippen LogP contribution in [0.15, 0.2) is 12.1 Å². The molecule has 1 aliphatic heterocycles. The summed E-state index contributed by atoms with van der Waals surface area (Å²) < 4.78 is 14.4. The number of rotatable bonds is 1. The first-order valence-electron chi connectivity index (χ1n) is 5.80. The number of benzene rings is 1. The number of nitrogens with one attached hydrogen (secondary N) is 1. The minimum Gasteiger partial charge on any atom is -0.478 e. The first-order valence-corrected chi connectivity index (χ1v) is 8.36. The monoisotopic (exact) mass is 327 g/mol. The standard InChI is InChI=1S/C13H10FNO2S3/c1-13(2)10-8(12(18)20-19-10)6-3-5(14)4-7(11(16)17)9(6)15-13/h3-4,15H,1-2H3,(H,16,17). The lowest BCUT2D eigenvalue weighted by molar-refractivity contribution is 0.0697. The molecule has 0 atom stereocenters. The van der Waals surface area contributed by atoms with Gasteiger partial charge in [-0.15, -0.1) is 0 Å². The van der Waals surface area contributed by atoms with E-state index in [0.717, 1.165) is 16.5 Å². The van der Waals surface area contributed by atoms with Crippen LogP contribution in [0.4, 0.5) is 10.1 Å². The SMILES string of the molecule is CC1(C)Nc2c(C(=O)O)cc(F)cc2-c2c1ssc2=S. The van der Waals surface area contributed by atoms with E-state index >= 15 is 0 Å². The molecule has 0 fully saturated rings. The highest BCUT2D eigenvalue weighted by Crippen LogP contribution is 2.49. The van der Waals surface area contributed by atoms with E-state index in [9.17, 15) is 14.3 Å². The number of carboxylic acid groups (broad SMARTS) is 1. The normalized spacial score (nSPS) is 15.2. The minimum atomic E-state index is -1.16. The number of fused-ring (bicyclic) bond motifs is 3. The Bertz CT molecular complexity index is 791. The lowest BCUT2D eigenvalue weighted by Crippen LogP contribution is -2.31. The Morgan fingerprint density at radius 2 is 2.10 bits per heavy atom. The summed E-state index contributed by atoms with van der Waals surface area (Å²) >= 11 is 5.33. The van der Waals surface area contributed by atoms with Gasteiger partial charge in [-0.25, -0.2) is 9.18 Å². The van der Waals surface area contributed by atoms with Crippen LogP contribution in [0.25, 0.3) is 11.1 Å². The molecule has 7 heteroatoms. The molecule has 20 heavy (non-hydrogen) atoms. The molecule has 3 rings (SSSR count). The van der Waals surface area contributed by atoms with Crippen molar-refractivity contribution in [2.24, 2.45) is 0 Å². The molecule has 3 nitrogen and oxygen atoms in total. The van der Waals surface area contributed by atoms with Crippen molar-refractivity contribution in [3.63, 3.8) is 0 Å². The van der Waals surface area contributed by atoms with Gasteiger partial charge in [-0.3, -0.25) is 0 Å². The molecule has 0 radical (unpaired) electrons. The van der Waals surface area contributed by atoms with Gasteiger partial charge in [-0.2, -0.15) is 0 Å². The Balaban J connectivity index is 2.43. The van der Waals surface area contributed by atoms with Crippen LogP contribution in [0.3, 0.4) is 0 Å². The smallest absolute Gasteiger partial charge is 0.337 e. The number of carbonyl (C=O) groups is 1. The maximum Gasteiger partial charge on any atom is 0.337 e. The fourth-order valence-electron chi connectivity index (χ4n) is 2.38. The van der Waals surface area contributed by atoms with Gasteiger partial charge in [0, 0.05) is 11.1 Å². The molecule has 0 saturated carbocycles. The summed E-state index contributed by atoms with van der Waals surface area (Å²) in [6, 6.07) is 2.38. The van der Waals surface area contributed by atoms with Crippen molar-refractivity contribution < 1.29 is 14.3 Å². The van der Waals surface area contributed by atoms with Crippen molar-refractivity contribution in [3.05, 3.63) is 32.2 Å². The minimum absolute atomic E-state index is 0.0654. The summed E-state index contributed by atoms with van der Waals surface area (Å²) in [4.78, 5) is 12.4. The third-order valence-electron chi connectivity index (χ3n) is 3.24. The second-order valence-electron chi connectivity index (χ2n) is 5.09. The molecule has 1 aromatic heterocycles. The van der Waals surface area contributed by atoms with Gasteiger partial charge in [0.15, 0.2) is 0 Å². The third kappa shape index (κ3) is 1.88. The van der Waals surface area contributed by atoms with Crippen LogP contribution in [0.2, 0.25) is 0 Å². The second kappa shape index (κ2) is 4.34. The van der Waals surface area contributed by atoms with E-state index in [1.54, 1.807) is 10.3 Å². The Morgan fingerprint density at radius 3 is 2.75 bits per heavy atom. The zero-order chi connectivity index (χ0) is 14.7. The van der Waals surface area contributed by atoms with Gasteiger partial charge < -0.3 is 10.4 Å². The van der Waals surface area contributed by atoms with Crippen molar-refractivity contribution in [1.82, 2.24) is 0 Å². The summed E-state index contributed by atoms with van der Waals surface area (Å²) in [7, 11) is 3.00. The van der Waals surface area contributed by atoms with Crippen LogP contribution in [-0.2, 0) is 5.54 Å². The molecule has 1 aliphatic rings. The van der Waals surface area contributed by atoms with Crippen LogP contribution in [-0.4, -0.2) is 11.1 Å². The highest BCUT2D eigenvalue weighted by molar-refractivity contribution is 7.80. The molecule has 0 amide bonds. The van der Waals surface area contributed by atoms with Crippen LogP contribution < -0.4 is 5.32 Å². The Hall–Kier alpha value is -1.31. The molecule has 0 bridgehead atoms. The van der Waals surface area contributed by atoms with Gasteiger partial charge in [0.05, 0.1) is 21.7 Å². The van der Waals surface area contributed by atoms with E-state index in [-0.39, 0.29) is 5.56 Å². The van der Waals surface area contributed by atoms with Gasteiger partial charge in [-0.1, -0.05) is 32.9 Å². The second-order valence-corrected chi connectivity index (χ2v) is 7.91. The Labute approximate surface area is 127 Å². The van der Waals surface area contributed by atoms with Crippen LogP contribution in [0.5, 0.6) is 0 Å². The fraction of sp³-hybridized carbons (Fsp3) is 0.231. The lowest BCUT2D eigenvalue weighted by Gasteiger charge is -2.34. The van der Waals surface area contributed by atoms with Gasteiger partial charge in [0.1, 0.15) is 9.64 Å². The summed E-state index contributed by atoms with van der Waals surface area (Å²) in [5.74, 6) is -1.73. The van der Waals surface area contributed by atoms with Gasteiger partial charge >= 0.3 is 5.97 Å². The Morgan fingerprint density at radius 1 is 1.40 bits per heavy atom. The first kappa shape index (κ1) is 13.7. The zero-order valence-corrected chi connectivity index (χ0v) is 13.1. The van der Waals surface area contributed by atoms with Crippen LogP contribution >= 0.6 is 32.9 Å². The van der Waals surface area contributed by atoms with Gasteiger partial charge in [-0.05, 0) is 26.0 Å². The predicted octanol–water partition coefficient (Wildman–Crippen LogP) is 4.70. The van der Waals surface area contributed by atoms with E-state index in [1.165, 1.54) is 16.4 Å². The topological polar surface area (TPSA) is 49.3 Å². The predicted molar refractivity (Wildman–Crippen MR) is 82.0 cm³/mol. The quantitative estimate of drug-likeness (QED) is 0.588. The zero-order valence-electron chi connectivity index (χ0n) is 10.6. The van der Waals surface area contributed by atoms with Crippen molar-refractivity contribution in [2.45, 2.75) is 19.4 Å². The molecule has 104 valence electrons. The number of carboxylic acids is 1. The molecule has 0 saturated heterocycles. The fourth-order valence-corrected chi connectivity index (χ4v) is 5.64.